The first-order chi connectivity index (χ1) is 15.5. The minimum atomic E-state index is -2.66. The molecule has 0 aromatic carbocycles. The molecule has 1 unspecified atom stereocenters. The number of nitrogen functional groups attached to an aromatic ring is 1. The molecule has 4 rings (SSSR count). The van der Waals surface area contributed by atoms with Crippen LogP contribution in [0.15, 0.2) is 12.7 Å². The summed E-state index contributed by atoms with van der Waals surface area (Å²) >= 11 is 0. The van der Waals surface area contributed by atoms with E-state index in [2.05, 4.69) is 70.3 Å². The lowest BCUT2D eigenvalue weighted by Crippen LogP contribution is -2.65. The van der Waals surface area contributed by atoms with Crippen LogP contribution < -0.4 is 5.73 Å². The van der Waals surface area contributed by atoms with Crippen LogP contribution >= 0.6 is 0 Å². The highest BCUT2D eigenvalue weighted by Gasteiger charge is 2.60. The molecule has 0 radical (unpaired) electrons. The van der Waals surface area contributed by atoms with Gasteiger partial charge in [-0.05, 0) is 22.2 Å². The molecule has 0 aliphatic carbocycles. The number of nitrogens with two attached hydrogens (primary N) is 1. The van der Waals surface area contributed by atoms with Crippen molar-refractivity contribution < 1.29 is 17.7 Å². The fourth-order valence-electron chi connectivity index (χ4n) is 5.39. The van der Waals surface area contributed by atoms with Crippen molar-refractivity contribution in [2.24, 2.45) is 0 Å². The number of fused-ring (bicyclic) bond motifs is 2. The Morgan fingerprint density at radius 1 is 0.909 bits per heavy atom. The van der Waals surface area contributed by atoms with Gasteiger partial charge in [0.05, 0.1) is 19.0 Å². The molecule has 184 valence electrons. The Hall–Kier alpha value is -1.38. The van der Waals surface area contributed by atoms with Crippen molar-refractivity contribution in [3.8, 4) is 0 Å². The van der Waals surface area contributed by atoms with E-state index in [-0.39, 0.29) is 29.5 Å². The summed E-state index contributed by atoms with van der Waals surface area (Å²) in [6.07, 6.45) is 3.31. The fourth-order valence-corrected chi connectivity index (χ4v) is 16.6. The van der Waals surface area contributed by atoms with Crippen molar-refractivity contribution in [3.05, 3.63) is 12.7 Å². The van der Waals surface area contributed by atoms with Crippen molar-refractivity contribution >= 4 is 34.1 Å². The molecule has 2 aromatic heterocycles. The number of anilines is 1. The van der Waals surface area contributed by atoms with Gasteiger partial charge in [0, 0.05) is 6.42 Å². The van der Waals surface area contributed by atoms with E-state index in [0.29, 0.717) is 41.1 Å². The number of rotatable bonds is 5. The quantitative estimate of drug-likeness (QED) is 0.600. The first-order valence-electron chi connectivity index (χ1n) is 12.1. The summed E-state index contributed by atoms with van der Waals surface area (Å²) in [5.74, 6) is 0.367. The monoisotopic (exact) mass is 493 g/mol. The molecule has 2 aromatic rings. The lowest BCUT2D eigenvalue weighted by molar-refractivity contribution is -0.0544. The van der Waals surface area contributed by atoms with Crippen molar-refractivity contribution in [3.63, 3.8) is 0 Å². The lowest BCUT2D eigenvalue weighted by atomic mass is 10.2. The minimum absolute atomic E-state index is 0.116. The zero-order valence-electron chi connectivity index (χ0n) is 21.1. The Bertz CT molecular complexity index is 967. The molecule has 2 N–H and O–H groups in total. The fraction of sp³-hybridized carbons (Fsp3) is 0.773. The Kier molecular flexibility index (Phi) is 6.75. The largest absolute Gasteiger partial charge is 0.414 e. The molecule has 2 fully saturated rings. The van der Waals surface area contributed by atoms with Crippen LogP contribution in [-0.4, -0.2) is 55.5 Å². The first-order valence-corrected chi connectivity index (χ1v) is 16.1. The summed E-state index contributed by atoms with van der Waals surface area (Å²) < 4.78 is 29.7. The van der Waals surface area contributed by atoms with Gasteiger partial charge in [0.25, 0.3) is 0 Å². The Labute approximate surface area is 198 Å². The third kappa shape index (κ3) is 4.06. The van der Waals surface area contributed by atoms with Gasteiger partial charge >= 0.3 is 17.1 Å². The predicted octanol–water partition coefficient (Wildman–Crippen LogP) is 4.65. The summed E-state index contributed by atoms with van der Waals surface area (Å²) in [5, 5.41) is 0. The molecule has 33 heavy (non-hydrogen) atoms. The molecule has 11 heteroatoms. The molecular formula is C22H39N5O4Si2. The van der Waals surface area contributed by atoms with E-state index in [1.807, 2.05) is 4.57 Å². The van der Waals surface area contributed by atoms with E-state index in [1.54, 1.807) is 6.33 Å². The molecule has 0 amide bonds. The average Bonchev–Trinajstić information content (AvgIpc) is 3.32. The van der Waals surface area contributed by atoms with Gasteiger partial charge in [0.15, 0.2) is 11.5 Å². The maximum Gasteiger partial charge on any atom is 0.335 e. The molecule has 2 aliphatic heterocycles. The van der Waals surface area contributed by atoms with Gasteiger partial charge in [-0.1, -0.05) is 55.4 Å². The normalized spacial score (nSPS) is 27.5. The maximum absolute atomic E-state index is 7.25. The third-order valence-electron chi connectivity index (χ3n) is 7.22. The van der Waals surface area contributed by atoms with Crippen LogP contribution in [0.5, 0.6) is 0 Å². The van der Waals surface area contributed by atoms with E-state index in [9.17, 15) is 0 Å². The summed E-state index contributed by atoms with van der Waals surface area (Å²) in [6, 6.07) is 0. The standard InChI is InChI=1S/C22H39N5O4Si2/c1-13(2)32(14(3)4)28-10-18-17(30-33(31-32,15(5)6)16(7)8)9-19(29-18)27-12-26-20-21(23)24-11-25-22(20)27/h11-19H,9-10H2,1-8H3,(H2,23,24,25)/t17?,18-,19+/m1/s1. The van der Waals surface area contributed by atoms with Crippen LogP contribution in [0.25, 0.3) is 11.2 Å². The van der Waals surface area contributed by atoms with Gasteiger partial charge in [0.2, 0.25) is 0 Å². The van der Waals surface area contributed by atoms with Gasteiger partial charge in [-0.15, -0.1) is 0 Å². The third-order valence-corrected chi connectivity index (χ3v) is 17.5. The summed E-state index contributed by atoms with van der Waals surface area (Å²) in [5.41, 5.74) is 8.42. The Morgan fingerprint density at radius 2 is 1.55 bits per heavy atom. The van der Waals surface area contributed by atoms with Gasteiger partial charge in [0.1, 0.15) is 24.2 Å². The van der Waals surface area contributed by atoms with E-state index in [0.717, 1.165) is 0 Å². The number of aromatic nitrogens is 4. The molecule has 0 spiro atoms. The topological polar surface area (TPSA) is 107 Å². The van der Waals surface area contributed by atoms with Crippen molar-refractivity contribution in [2.45, 2.75) is 102 Å². The molecule has 2 saturated heterocycles. The highest BCUT2D eigenvalue weighted by Crippen LogP contribution is 2.48. The number of hydrogen-bond donors (Lipinski definition) is 1. The molecule has 0 saturated carbocycles. The number of nitrogens with zero attached hydrogens (tertiary/aromatic N) is 4. The van der Waals surface area contributed by atoms with Gasteiger partial charge in [-0.3, -0.25) is 4.57 Å². The number of ether oxygens (including phenoxy) is 1. The van der Waals surface area contributed by atoms with Crippen molar-refractivity contribution in [2.75, 3.05) is 12.3 Å². The second-order valence-electron chi connectivity index (χ2n) is 10.6. The minimum Gasteiger partial charge on any atom is -0.414 e. The average molecular weight is 494 g/mol. The van der Waals surface area contributed by atoms with E-state index in [1.165, 1.54) is 6.33 Å². The highest BCUT2D eigenvalue weighted by molar-refractivity contribution is 6.83. The van der Waals surface area contributed by atoms with E-state index >= 15 is 0 Å². The van der Waals surface area contributed by atoms with E-state index < -0.39 is 17.1 Å². The molecule has 9 nitrogen and oxygen atoms in total. The van der Waals surface area contributed by atoms with Gasteiger partial charge in [-0.25, -0.2) is 15.0 Å². The molecule has 2 aliphatic rings. The number of imidazole rings is 1. The van der Waals surface area contributed by atoms with Crippen LogP contribution in [0.2, 0.25) is 22.2 Å². The first kappa shape index (κ1) is 24.7. The predicted molar refractivity (Wildman–Crippen MR) is 132 cm³/mol. The van der Waals surface area contributed by atoms with Crippen LogP contribution in [0.1, 0.15) is 68.0 Å². The molecule has 0 bridgehead atoms. The molecule has 3 atom stereocenters. The van der Waals surface area contributed by atoms with Gasteiger partial charge < -0.3 is 23.4 Å². The summed E-state index contributed by atoms with van der Waals surface area (Å²) in [6.45, 7) is 18.3. The number of hydrogen-bond acceptors (Lipinski definition) is 8. The van der Waals surface area contributed by atoms with Crippen molar-refractivity contribution in [1.29, 1.82) is 0 Å². The molecular weight excluding hydrogens is 454 g/mol. The van der Waals surface area contributed by atoms with Crippen LogP contribution in [0.4, 0.5) is 5.82 Å². The van der Waals surface area contributed by atoms with Crippen LogP contribution in [0, 0.1) is 0 Å². The summed E-state index contributed by atoms with van der Waals surface area (Å²) in [7, 11) is -5.24. The second kappa shape index (κ2) is 9.01. The second-order valence-corrected chi connectivity index (χ2v) is 19.4. The zero-order chi connectivity index (χ0) is 24.1. The Morgan fingerprint density at radius 3 is 2.15 bits per heavy atom. The zero-order valence-corrected chi connectivity index (χ0v) is 23.1. The molecule has 4 heterocycles. The van der Waals surface area contributed by atoms with Gasteiger partial charge in [-0.2, -0.15) is 0 Å². The van der Waals surface area contributed by atoms with E-state index in [4.69, 9.17) is 23.4 Å². The summed E-state index contributed by atoms with van der Waals surface area (Å²) in [4.78, 5) is 12.9. The lowest BCUT2D eigenvalue weighted by Gasteiger charge is -2.51. The van der Waals surface area contributed by atoms with Crippen LogP contribution in [-0.2, 0) is 17.7 Å². The Balaban J connectivity index is 1.72. The van der Waals surface area contributed by atoms with Crippen molar-refractivity contribution in [1.82, 2.24) is 19.5 Å². The van der Waals surface area contributed by atoms with Crippen LogP contribution in [0.3, 0.4) is 0 Å². The maximum atomic E-state index is 7.25. The highest BCUT2D eigenvalue weighted by atomic mass is 28.5. The smallest absolute Gasteiger partial charge is 0.335 e. The SMILES string of the molecule is CC(C)[Si]1(C(C)C)OC[C@H]2O[C@H](n3cnc4c(N)ncnc43)CC2O[Si](C(C)C)(C(C)C)O1.